The smallest absolute Gasteiger partial charge is 0.142 e. The summed E-state index contributed by atoms with van der Waals surface area (Å²) in [6.45, 7) is 9.30. The van der Waals surface area contributed by atoms with Crippen LogP contribution < -0.4 is 16.2 Å². The Morgan fingerprint density at radius 3 is 2.67 bits per heavy atom. The summed E-state index contributed by atoms with van der Waals surface area (Å²) in [4.78, 5) is 0. The second kappa shape index (κ2) is 10.1. The van der Waals surface area contributed by atoms with Crippen LogP contribution >= 0.6 is 0 Å². The molecule has 4 N–H and O–H groups in total. The van der Waals surface area contributed by atoms with E-state index >= 15 is 0 Å². The van der Waals surface area contributed by atoms with Crippen LogP contribution in [-0.4, -0.2) is 6.54 Å². The molecule has 0 aliphatic rings. The van der Waals surface area contributed by atoms with Crippen molar-refractivity contribution in [2.75, 3.05) is 6.54 Å². The zero-order valence-electron chi connectivity index (χ0n) is 17.8. The number of allylic oxidation sites excluding steroid dienone is 4. The van der Waals surface area contributed by atoms with E-state index in [1.165, 1.54) is 5.56 Å². The van der Waals surface area contributed by atoms with E-state index in [9.17, 15) is 0 Å². The Bertz CT molecular complexity index is 1090. The van der Waals surface area contributed by atoms with Gasteiger partial charge in [0.25, 0.3) is 0 Å². The van der Waals surface area contributed by atoms with E-state index in [-0.39, 0.29) is 0 Å². The van der Waals surface area contributed by atoms with Crippen LogP contribution in [0.15, 0.2) is 77.3 Å². The molecule has 1 aromatic heterocycles. The minimum absolute atomic E-state index is 0.349. The molecule has 0 saturated heterocycles. The van der Waals surface area contributed by atoms with E-state index in [0.717, 1.165) is 51.2 Å². The third kappa shape index (κ3) is 4.90. The molecule has 4 nitrogen and oxygen atoms in total. The SMILES string of the molecule is C=C/C=C(\C=C(/C)CN)c1cc(COc2ccccc2CC)cc2cc(CN)oc12. The van der Waals surface area contributed by atoms with Gasteiger partial charge in [0.1, 0.15) is 23.7 Å². The number of hydrogen-bond donors (Lipinski definition) is 2. The molecular weight excluding hydrogens is 372 g/mol. The molecule has 2 aromatic carbocycles. The van der Waals surface area contributed by atoms with E-state index in [1.807, 2.05) is 37.3 Å². The van der Waals surface area contributed by atoms with Crippen LogP contribution in [0.5, 0.6) is 5.75 Å². The standard InChI is InChI=1S/C26H30N2O2/c1-4-8-21(11-18(3)15-27)24-13-19(12-22-14-23(16-28)30-26(22)24)17-29-25-10-7-6-9-20(25)5-2/h4,6-14H,1,5,15-17,27-28H2,2-3H3/b18-11+,21-8+. The normalized spacial score (nSPS) is 12.4. The van der Waals surface area contributed by atoms with Gasteiger partial charge in [0.05, 0.1) is 6.54 Å². The summed E-state index contributed by atoms with van der Waals surface area (Å²) in [7, 11) is 0. The molecule has 0 radical (unpaired) electrons. The summed E-state index contributed by atoms with van der Waals surface area (Å²) in [5.74, 6) is 1.66. The number of nitrogens with two attached hydrogens (primary N) is 2. The average Bonchev–Trinajstić information content (AvgIpc) is 3.20. The first-order valence-electron chi connectivity index (χ1n) is 10.3. The Balaban J connectivity index is 2.06. The molecule has 0 fully saturated rings. The first-order chi connectivity index (χ1) is 14.6. The monoisotopic (exact) mass is 402 g/mol. The number of furan rings is 1. The van der Waals surface area contributed by atoms with E-state index in [4.69, 9.17) is 20.6 Å². The van der Waals surface area contributed by atoms with Crippen LogP contribution in [0.1, 0.15) is 36.3 Å². The van der Waals surface area contributed by atoms with Gasteiger partial charge < -0.3 is 20.6 Å². The average molecular weight is 403 g/mol. The van der Waals surface area contributed by atoms with Crippen molar-refractivity contribution in [1.82, 2.24) is 0 Å². The van der Waals surface area contributed by atoms with Crippen molar-refractivity contribution in [2.45, 2.75) is 33.4 Å². The van der Waals surface area contributed by atoms with Gasteiger partial charge in [0.15, 0.2) is 0 Å². The number of aryl methyl sites for hydroxylation is 1. The van der Waals surface area contributed by atoms with E-state index in [1.54, 1.807) is 6.08 Å². The highest BCUT2D eigenvalue weighted by atomic mass is 16.5. The highest BCUT2D eigenvalue weighted by Gasteiger charge is 2.13. The molecule has 0 atom stereocenters. The van der Waals surface area contributed by atoms with Gasteiger partial charge in [0, 0.05) is 17.5 Å². The molecule has 0 bridgehead atoms. The predicted molar refractivity (Wildman–Crippen MR) is 125 cm³/mol. The number of benzene rings is 2. The highest BCUT2D eigenvalue weighted by Crippen LogP contribution is 2.32. The molecule has 0 aliphatic carbocycles. The molecule has 1 heterocycles. The predicted octanol–water partition coefficient (Wildman–Crippen LogP) is 5.51. The molecule has 30 heavy (non-hydrogen) atoms. The molecule has 0 saturated carbocycles. The minimum Gasteiger partial charge on any atom is -0.489 e. The van der Waals surface area contributed by atoms with E-state index in [0.29, 0.717) is 19.7 Å². The van der Waals surface area contributed by atoms with Crippen LogP contribution in [0.2, 0.25) is 0 Å². The van der Waals surface area contributed by atoms with Gasteiger partial charge in [-0.15, -0.1) is 0 Å². The van der Waals surface area contributed by atoms with Gasteiger partial charge in [-0.1, -0.05) is 55.5 Å². The summed E-state index contributed by atoms with van der Waals surface area (Å²) >= 11 is 0. The lowest BCUT2D eigenvalue weighted by Gasteiger charge is -2.12. The fourth-order valence-electron chi connectivity index (χ4n) is 3.43. The molecule has 0 amide bonds. The molecule has 0 unspecified atom stereocenters. The van der Waals surface area contributed by atoms with Gasteiger partial charge in [0.2, 0.25) is 0 Å². The number of para-hydroxylation sites is 1. The van der Waals surface area contributed by atoms with Crippen LogP contribution in [0.25, 0.3) is 16.5 Å². The lowest BCUT2D eigenvalue weighted by Crippen LogP contribution is -2.01. The highest BCUT2D eigenvalue weighted by molar-refractivity contribution is 5.94. The van der Waals surface area contributed by atoms with Crippen LogP contribution in [0, 0.1) is 0 Å². The van der Waals surface area contributed by atoms with Crippen molar-refractivity contribution in [3.8, 4) is 5.75 Å². The molecule has 3 aromatic rings. The second-order valence-corrected chi connectivity index (χ2v) is 7.28. The van der Waals surface area contributed by atoms with Crippen molar-refractivity contribution < 1.29 is 9.15 Å². The van der Waals surface area contributed by atoms with Gasteiger partial charge in [-0.2, -0.15) is 0 Å². The molecule has 156 valence electrons. The lowest BCUT2D eigenvalue weighted by molar-refractivity contribution is 0.303. The lowest BCUT2D eigenvalue weighted by atomic mass is 9.98. The Hall–Kier alpha value is -3.08. The Labute approximate surface area is 178 Å². The zero-order chi connectivity index (χ0) is 21.5. The van der Waals surface area contributed by atoms with Gasteiger partial charge >= 0.3 is 0 Å². The summed E-state index contributed by atoms with van der Waals surface area (Å²) in [5, 5.41) is 1.00. The number of ether oxygens (including phenoxy) is 1. The van der Waals surface area contributed by atoms with Crippen molar-refractivity contribution in [3.63, 3.8) is 0 Å². The van der Waals surface area contributed by atoms with Gasteiger partial charge in [-0.3, -0.25) is 0 Å². The Morgan fingerprint density at radius 2 is 1.97 bits per heavy atom. The maximum Gasteiger partial charge on any atom is 0.142 e. The number of fused-ring (bicyclic) bond motifs is 1. The zero-order valence-corrected chi connectivity index (χ0v) is 17.8. The van der Waals surface area contributed by atoms with Crippen LogP contribution in [0.4, 0.5) is 0 Å². The van der Waals surface area contributed by atoms with Crippen molar-refractivity contribution in [1.29, 1.82) is 0 Å². The first kappa shape index (κ1) is 21.6. The Kier molecular flexibility index (Phi) is 7.28. The van der Waals surface area contributed by atoms with Gasteiger partial charge in [-0.05, 0) is 54.3 Å². The van der Waals surface area contributed by atoms with E-state index in [2.05, 4.69) is 37.8 Å². The second-order valence-electron chi connectivity index (χ2n) is 7.28. The number of rotatable bonds is 9. The topological polar surface area (TPSA) is 74.4 Å². The quantitative estimate of drug-likeness (QED) is 0.463. The van der Waals surface area contributed by atoms with Crippen molar-refractivity contribution in [3.05, 3.63) is 95.3 Å². The third-order valence-corrected chi connectivity index (χ3v) is 5.01. The van der Waals surface area contributed by atoms with Crippen molar-refractivity contribution in [2.24, 2.45) is 11.5 Å². The van der Waals surface area contributed by atoms with Crippen LogP contribution in [-0.2, 0) is 19.6 Å². The van der Waals surface area contributed by atoms with Crippen LogP contribution in [0.3, 0.4) is 0 Å². The fourth-order valence-corrected chi connectivity index (χ4v) is 3.43. The first-order valence-corrected chi connectivity index (χ1v) is 10.3. The molecule has 3 rings (SSSR count). The van der Waals surface area contributed by atoms with Gasteiger partial charge in [-0.25, -0.2) is 0 Å². The molecule has 0 spiro atoms. The largest absolute Gasteiger partial charge is 0.489 e. The maximum atomic E-state index is 6.16. The summed E-state index contributed by atoms with van der Waals surface area (Å²) in [6, 6.07) is 14.3. The summed E-state index contributed by atoms with van der Waals surface area (Å²) in [5.41, 5.74) is 17.7. The maximum absolute atomic E-state index is 6.16. The summed E-state index contributed by atoms with van der Waals surface area (Å²) < 4.78 is 12.2. The summed E-state index contributed by atoms with van der Waals surface area (Å²) in [6.07, 6.45) is 6.74. The molecule has 0 aliphatic heterocycles. The third-order valence-electron chi connectivity index (χ3n) is 5.01. The minimum atomic E-state index is 0.349. The van der Waals surface area contributed by atoms with Crippen molar-refractivity contribution >= 4 is 16.5 Å². The van der Waals surface area contributed by atoms with E-state index < -0.39 is 0 Å². The molecular formula is C26H30N2O2. The Morgan fingerprint density at radius 1 is 1.17 bits per heavy atom. The fraction of sp³-hybridized carbons (Fsp3) is 0.231. The number of hydrogen-bond acceptors (Lipinski definition) is 4. The molecule has 4 heteroatoms.